The van der Waals surface area contributed by atoms with Crippen molar-refractivity contribution in [2.75, 3.05) is 47.5 Å². The predicted molar refractivity (Wildman–Crippen MR) is 254 cm³/mol. The summed E-state index contributed by atoms with van der Waals surface area (Å²) >= 11 is 0. The van der Waals surface area contributed by atoms with Gasteiger partial charge in [-0.1, -0.05) is 168 Å². The quantitative estimate of drug-likeness (QED) is 0.0197. The number of rotatable bonds is 40. The highest BCUT2D eigenvalue weighted by Gasteiger charge is 2.21. The Balaban J connectivity index is 4.34. The van der Waals surface area contributed by atoms with E-state index in [0.29, 0.717) is 23.9 Å². The van der Waals surface area contributed by atoms with Crippen LogP contribution in [0.5, 0.6) is 0 Å². The van der Waals surface area contributed by atoms with E-state index in [1.165, 1.54) is 25.7 Å². The molecule has 0 aliphatic carbocycles. The highest BCUT2D eigenvalue weighted by molar-refractivity contribution is 7.45. The van der Waals surface area contributed by atoms with Crippen molar-refractivity contribution in [1.29, 1.82) is 0 Å². The van der Waals surface area contributed by atoms with Gasteiger partial charge in [0, 0.05) is 12.8 Å². The zero-order valence-corrected chi connectivity index (χ0v) is 39.7. The van der Waals surface area contributed by atoms with Gasteiger partial charge in [0.1, 0.15) is 19.8 Å². The lowest BCUT2D eigenvalue weighted by Crippen LogP contribution is -2.37. The van der Waals surface area contributed by atoms with E-state index in [-0.39, 0.29) is 26.1 Å². The second kappa shape index (κ2) is 42.0. The second-order valence-electron chi connectivity index (χ2n) is 16.0. The number of phosphoric ester groups is 1. The predicted octanol–water partition coefficient (Wildman–Crippen LogP) is 12.9. The van der Waals surface area contributed by atoms with Gasteiger partial charge in [0.2, 0.25) is 0 Å². The van der Waals surface area contributed by atoms with E-state index >= 15 is 0 Å². The molecule has 0 saturated carbocycles. The third kappa shape index (κ3) is 46.0. The van der Waals surface area contributed by atoms with Gasteiger partial charge in [-0.2, -0.15) is 0 Å². The van der Waals surface area contributed by atoms with Gasteiger partial charge in [0.05, 0.1) is 27.7 Å². The third-order valence-electron chi connectivity index (χ3n) is 9.06. The van der Waals surface area contributed by atoms with E-state index in [9.17, 15) is 19.0 Å². The molecule has 0 saturated heterocycles. The fourth-order valence-electron chi connectivity index (χ4n) is 5.48. The molecule has 61 heavy (non-hydrogen) atoms. The first-order valence-electron chi connectivity index (χ1n) is 23.1. The number of hydrogen-bond acceptors (Lipinski definition) is 8. The van der Waals surface area contributed by atoms with Crippen LogP contribution in [-0.2, 0) is 32.7 Å². The van der Waals surface area contributed by atoms with Gasteiger partial charge in [0.25, 0.3) is 7.82 Å². The van der Waals surface area contributed by atoms with Gasteiger partial charge >= 0.3 is 11.9 Å². The van der Waals surface area contributed by atoms with Crippen molar-refractivity contribution in [3.8, 4) is 0 Å². The zero-order valence-electron chi connectivity index (χ0n) is 38.8. The van der Waals surface area contributed by atoms with Crippen LogP contribution in [-0.4, -0.2) is 70.0 Å². The van der Waals surface area contributed by atoms with Crippen molar-refractivity contribution in [2.45, 2.75) is 155 Å². The van der Waals surface area contributed by atoms with E-state index in [2.05, 4.69) is 117 Å². The number of quaternary nitrogens is 1. The summed E-state index contributed by atoms with van der Waals surface area (Å²) in [5, 5.41) is 0. The Morgan fingerprint density at radius 1 is 0.525 bits per heavy atom. The summed E-state index contributed by atoms with van der Waals surface area (Å²) < 4.78 is 33.7. The summed E-state index contributed by atoms with van der Waals surface area (Å²) in [6, 6.07) is 0. The fraction of sp³-hybridized carbons (Fsp3) is 0.608. The van der Waals surface area contributed by atoms with E-state index < -0.39 is 32.5 Å². The number of carbonyl (C=O) groups excluding carboxylic acids is 2. The van der Waals surface area contributed by atoms with Gasteiger partial charge in [-0.15, -0.1) is 0 Å². The number of esters is 2. The average molecular weight is 870 g/mol. The van der Waals surface area contributed by atoms with Crippen LogP contribution in [0.2, 0.25) is 0 Å². The fourth-order valence-corrected chi connectivity index (χ4v) is 6.21. The lowest BCUT2D eigenvalue weighted by molar-refractivity contribution is -0.870. The number of carbonyl (C=O) groups is 2. The summed E-state index contributed by atoms with van der Waals surface area (Å²) in [6.45, 7) is 3.98. The van der Waals surface area contributed by atoms with Gasteiger partial charge in [-0.05, 0) is 77.0 Å². The largest absolute Gasteiger partial charge is 0.756 e. The monoisotopic (exact) mass is 870 g/mol. The third-order valence-corrected chi connectivity index (χ3v) is 10.0. The Morgan fingerprint density at radius 2 is 0.934 bits per heavy atom. The number of unbranched alkanes of at least 4 members (excludes halogenated alkanes) is 8. The molecule has 0 amide bonds. The molecule has 2 unspecified atom stereocenters. The zero-order chi connectivity index (χ0) is 45.0. The highest BCUT2D eigenvalue weighted by atomic mass is 31.2. The lowest BCUT2D eigenvalue weighted by Gasteiger charge is -2.28. The first-order chi connectivity index (χ1) is 29.5. The normalized spacial score (nSPS) is 14.5. The lowest BCUT2D eigenvalue weighted by atomic mass is 10.1. The van der Waals surface area contributed by atoms with Crippen molar-refractivity contribution >= 4 is 19.8 Å². The molecule has 0 aliphatic rings. The van der Waals surface area contributed by atoms with Crippen LogP contribution in [0.15, 0.2) is 109 Å². The SMILES string of the molecule is CC/C=C\C/C=C\C/C=C\C/C=C\C/C=C\C/C=C\C/C=C\C/C=C\C/C=C\CCCC(=O)OC(COC(=O)CCCCCCCCCC)COP(=O)([O-])OCC[N+](C)(C)C. The van der Waals surface area contributed by atoms with Crippen molar-refractivity contribution in [3.63, 3.8) is 0 Å². The molecule has 0 radical (unpaired) electrons. The Hall–Kier alpha value is -3.33. The Bertz CT molecular complexity index is 1400. The molecule has 0 spiro atoms. The summed E-state index contributed by atoms with van der Waals surface area (Å²) in [6.07, 6.45) is 57.2. The molecule has 0 aromatic carbocycles. The molecule has 0 rings (SSSR count). The summed E-state index contributed by atoms with van der Waals surface area (Å²) in [4.78, 5) is 37.4. The molecular formula is C51H84NO8P. The summed E-state index contributed by atoms with van der Waals surface area (Å²) in [5.74, 6) is -0.920. The van der Waals surface area contributed by atoms with E-state index in [1.807, 2.05) is 27.2 Å². The smallest absolute Gasteiger partial charge is 0.306 e. The van der Waals surface area contributed by atoms with Crippen LogP contribution in [0.3, 0.4) is 0 Å². The van der Waals surface area contributed by atoms with Gasteiger partial charge in [0.15, 0.2) is 6.10 Å². The highest BCUT2D eigenvalue weighted by Crippen LogP contribution is 2.38. The minimum absolute atomic E-state index is 0.0472. The topological polar surface area (TPSA) is 111 Å². The summed E-state index contributed by atoms with van der Waals surface area (Å²) in [5.41, 5.74) is 0. The number of phosphoric acid groups is 1. The molecule has 0 N–H and O–H groups in total. The maximum Gasteiger partial charge on any atom is 0.306 e. The number of allylic oxidation sites excluding steroid dienone is 18. The van der Waals surface area contributed by atoms with Crippen molar-refractivity contribution < 1.29 is 42.1 Å². The molecule has 0 fully saturated rings. The maximum absolute atomic E-state index is 12.6. The molecule has 0 aromatic heterocycles. The average Bonchev–Trinajstić information content (AvgIpc) is 3.21. The molecule has 0 aromatic rings. The Labute approximate surface area is 372 Å². The van der Waals surface area contributed by atoms with Gasteiger partial charge in [-0.3, -0.25) is 14.2 Å². The maximum atomic E-state index is 12.6. The van der Waals surface area contributed by atoms with Crippen LogP contribution in [0.4, 0.5) is 0 Å². The van der Waals surface area contributed by atoms with E-state index in [0.717, 1.165) is 83.5 Å². The first kappa shape index (κ1) is 57.7. The van der Waals surface area contributed by atoms with Crippen LogP contribution in [0, 0.1) is 0 Å². The van der Waals surface area contributed by atoms with Crippen molar-refractivity contribution in [2.24, 2.45) is 0 Å². The van der Waals surface area contributed by atoms with Crippen LogP contribution >= 0.6 is 7.82 Å². The first-order valence-corrected chi connectivity index (χ1v) is 24.6. The van der Waals surface area contributed by atoms with Crippen LogP contribution in [0.25, 0.3) is 0 Å². The van der Waals surface area contributed by atoms with Crippen molar-refractivity contribution in [1.82, 2.24) is 0 Å². The summed E-state index contributed by atoms with van der Waals surface area (Å²) in [7, 11) is 1.11. The molecule has 9 nitrogen and oxygen atoms in total. The van der Waals surface area contributed by atoms with E-state index in [1.54, 1.807) is 0 Å². The molecule has 346 valence electrons. The number of hydrogen-bond donors (Lipinski definition) is 0. The van der Waals surface area contributed by atoms with Gasteiger partial charge < -0.3 is 27.9 Å². The minimum Gasteiger partial charge on any atom is -0.756 e. The molecule has 2 atom stereocenters. The Morgan fingerprint density at radius 3 is 1.38 bits per heavy atom. The number of likely N-dealkylation sites (N-methyl/N-ethyl adjacent to an activating group) is 1. The number of ether oxygens (including phenoxy) is 2. The van der Waals surface area contributed by atoms with Crippen LogP contribution in [0.1, 0.15) is 149 Å². The molecular weight excluding hydrogens is 786 g/mol. The minimum atomic E-state index is -4.64. The molecule has 0 aliphatic heterocycles. The van der Waals surface area contributed by atoms with Crippen molar-refractivity contribution in [3.05, 3.63) is 109 Å². The standard InChI is InChI=1S/C51H84NO8P/c1-6-8-10-12-14-16-17-18-19-20-21-22-23-24-25-26-27-28-29-30-31-32-33-34-35-36-38-40-42-44-51(54)60-49(48-59-61(55,56)58-46-45-52(3,4)5)47-57-50(53)43-41-39-37-15-13-11-9-7-2/h8,10,14,16,18-19,21-22,24-25,27-28,30-31,33-34,36,38,49H,6-7,9,11-13,15,17,20,23,26,29,32,35,37,39-48H2,1-5H3/b10-8-,16-14-,19-18-,22-21-,25-24-,28-27-,31-30-,34-33-,38-36-. The van der Waals surface area contributed by atoms with E-state index in [4.69, 9.17) is 18.5 Å². The Kier molecular flexibility index (Phi) is 39.7. The molecule has 0 bridgehead atoms. The van der Waals surface area contributed by atoms with Gasteiger partial charge in [-0.25, -0.2) is 0 Å². The van der Waals surface area contributed by atoms with Crippen LogP contribution < -0.4 is 4.89 Å². The second-order valence-corrected chi connectivity index (χ2v) is 17.4. The molecule has 10 heteroatoms. The number of nitrogens with zero attached hydrogens (tertiary/aromatic N) is 1. The molecule has 0 heterocycles.